The average molecular weight is 345 g/mol. The molecule has 1 aromatic carbocycles. The van der Waals surface area contributed by atoms with Crippen molar-refractivity contribution in [2.45, 2.75) is 46.1 Å². The molecule has 1 N–H and O–H groups in total. The Hall–Kier alpha value is -0.0900. The average Bonchev–Trinajstić information content (AvgIpc) is 2.32. The largest absolute Gasteiger partial charge is 0.314 e. The van der Waals surface area contributed by atoms with E-state index in [0.29, 0.717) is 6.04 Å². The molecule has 0 bridgehead atoms. The zero-order valence-corrected chi connectivity index (χ0v) is 13.3. The molecular weight excluding hydrogens is 321 g/mol. The van der Waals surface area contributed by atoms with Gasteiger partial charge in [0, 0.05) is 9.61 Å². The van der Waals surface area contributed by atoms with Crippen LogP contribution in [0.25, 0.3) is 0 Å². The third-order valence-electron chi connectivity index (χ3n) is 3.27. The minimum Gasteiger partial charge on any atom is -0.314 e. The fraction of sp³-hybridized carbons (Fsp3) is 0.600. The van der Waals surface area contributed by atoms with Gasteiger partial charge in [-0.25, -0.2) is 0 Å². The van der Waals surface area contributed by atoms with Gasteiger partial charge in [-0.1, -0.05) is 39.3 Å². The Kier molecular flexibility index (Phi) is 7.12. The van der Waals surface area contributed by atoms with E-state index >= 15 is 0 Å². The lowest BCUT2D eigenvalue weighted by Gasteiger charge is -2.21. The third-order valence-corrected chi connectivity index (χ3v) is 3.99. The summed E-state index contributed by atoms with van der Waals surface area (Å²) in [5.41, 5.74) is 1.44. The molecule has 0 amide bonds. The summed E-state index contributed by atoms with van der Waals surface area (Å²) in [5, 5.41) is 3.61. The van der Waals surface area contributed by atoms with Crippen molar-refractivity contribution >= 4 is 22.6 Å². The summed E-state index contributed by atoms with van der Waals surface area (Å²) in [6, 6.07) is 9.52. The lowest BCUT2D eigenvalue weighted by molar-refractivity contribution is 0.397. The summed E-state index contributed by atoms with van der Waals surface area (Å²) in [6.07, 6.45) is 3.69. The minimum atomic E-state index is 0.620. The van der Waals surface area contributed by atoms with Crippen LogP contribution in [0.1, 0.15) is 39.2 Å². The van der Waals surface area contributed by atoms with Crippen LogP contribution in [0.2, 0.25) is 0 Å². The van der Waals surface area contributed by atoms with E-state index in [1.54, 1.807) is 0 Å². The molecule has 96 valence electrons. The number of halogens is 1. The van der Waals surface area contributed by atoms with Crippen molar-refractivity contribution in [3.05, 3.63) is 33.4 Å². The quantitative estimate of drug-likeness (QED) is 0.729. The Morgan fingerprint density at radius 1 is 1.18 bits per heavy atom. The van der Waals surface area contributed by atoms with Crippen LogP contribution in [0.4, 0.5) is 0 Å². The van der Waals surface area contributed by atoms with E-state index in [4.69, 9.17) is 0 Å². The standard InChI is InChI=1S/C15H24IN/c1-4-12(3)10-15(17-5-2)11-13-6-8-14(16)9-7-13/h6-9,12,15,17H,4-5,10-11H2,1-3H3. The monoisotopic (exact) mass is 345 g/mol. The highest BCUT2D eigenvalue weighted by Gasteiger charge is 2.11. The second kappa shape index (κ2) is 8.09. The molecule has 0 fully saturated rings. The maximum absolute atomic E-state index is 3.61. The summed E-state index contributed by atoms with van der Waals surface area (Å²) < 4.78 is 1.31. The first-order valence-corrected chi connectivity index (χ1v) is 7.71. The summed E-state index contributed by atoms with van der Waals surface area (Å²) in [7, 11) is 0. The van der Waals surface area contributed by atoms with Crippen molar-refractivity contribution in [1.29, 1.82) is 0 Å². The lowest BCUT2D eigenvalue weighted by Crippen LogP contribution is -2.32. The fourth-order valence-corrected chi connectivity index (χ4v) is 2.44. The van der Waals surface area contributed by atoms with Crippen LogP contribution in [0.15, 0.2) is 24.3 Å². The molecule has 1 nitrogen and oxygen atoms in total. The van der Waals surface area contributed by atoms with Crippen LogP contribution in [0, 0.1) is 9.49 Å². The number of likely N-dealkylation sites (N-methyl/N-ethyl adjacent to an activating group) is 1. The van der Waals surface area contributed by atoms with E-state index in [9.17, 15) is 0 Å². The zero-order valence-electron chi connectivity index (χ0n) is 11.2. The first-order chi connectivity index (χ1) is 8.15. The van der Waals surface area contributed by atoms with Crippen LogP contribution >= 0.6 is 22.6 Å². The van der Waals surface area contributed by atoms with E-state index in [-0.39, 0.29) is 0 Å². The maximum Gasteiger partial charge on any atom is 0.0130 e. The third kappa shape index (κ3) is 5.87. The van der Waals surface area contributed by atoms with Crippen LogP contribution in [-0.2, 0) is 6.42 Å². The SMILES string of the molecule is CCNC(Cc1ccc(I)cc1)CC(C)CC. The van der Waals surface area contributed by atoms with Gasteiger partial charge in [0.05, 0.1) is 0 Å². The Morgan fingerprint density at radius 3 is 2.35 bits per heavy atom. The van der Waals surface area contributed by atoms with Gasteiger partial charge < -0.3 is 5.32 Å². The van der Waals surface area contributed by atoms with E-state index in [2.05, 4.69) is 72.9 Å². The molecule has 1 aromatic rings. The number of benzene rings is 1. The number of hydrogen-bond donors (Lipinski definition) is 1. The van der Waals surface area contributed by atoms with Gasteiger partial charge in [0.1, 0.15) is 0 Å². The molecule has 2 unspecified atom stereocenters. The summed E-state index contributed by atoms with van der Waals surface area (Å²) in [5.74, 6) is 0.808. The molecule has 0 aliphatic heterocycles. The van der Waals surface area contributed by atoms with Gasteiger partial charge >= 0.3 is 0 Å². The van der Waals surface area contributed by atoms with E-state index in [1.807, 2.05) is 0 Å². The molecule has 0 aromatic heterocycles. The first kappa shape index (κ1) is 15.0. The van der Waals surface area contributed by atoms with Crippen LogP contribution in [-0.4, -0.2) is 12.6 Å². The number of rotatable bonds is 7. The fourth-order valence-electron chi connectivity index (χ4n) is 2.08. The number of hydrogen-bond acceptors (Lipinski definition) is 1. The molecule has 0 spiro atoms. The summed E-state index contributed by atoms with van der Waals surface area (Å²) in [4.78, 5) is 0. The molecule has 0 aliphatic rings. The van der Waals surface area contributed by atoms with Crippen molar-refractivity contribution < 1.29 is 0 Å². The predicted octanol–water partition coefficient (Wildman–Crippen LogP) is 4.25. The van der Waals surface area contributed by atoms with Gasteiger partial charge in [0.25, 0.3) is 0 Å². The number of nitrogens with one attached hydrogen (secondary N) is 1. The van der Waals surface area contributed by atoms with Crippen molar-refractivity contribution in [2.75, 3.05) is 6.54 Å². The van der Waals surface area contributed by atoms with Gasteiger partial charge in [-0.05, 0) is 65.6 Å². The van der Waals surface area contributed by atoms with Gasteiger partial charge in [-0.15, -0.1) is 0 Å². The Balaban J connectivity index is 2.56. The van der Waals surface area contributed by atoms with Crippen molar-refractivity contribution in [1.82, 2.24) is 5.32 Å². The first-order valence-electron chi connectivity index (χ1n) is 6.63. The van der Waals surface area contributed by atoms with E-state index in [0.717, 1.165) is 18.9 Å². The highest BCUT2D eigenvalue weighted by molar-refractivity contribution is 14.1. The van der Waals surface area contributed by atoms with Gasteiger partial charge in [0.15, 0.2) is 0 Å². The second-order valence-corrected chi connectivity index (χ2v) is 6.08. The lowest BCUT2D eigenvalue weighted by atomic mass is 9.94. The zero-order chi connectivity index (χ0) is 12.7. The molecule has 17 heavy (non-hydrogen) atoms. The maximum atomic E-state index is 3.61. The minimum absolute atomic E-state index is 0.620. The van der Waals surface area contributed by atoms with Gasteiger partial charge in [-0.2, -0.15) is 0 Å². The van der Waals surface area contributed by atoms with Crippen LogP contribution in [0.5, 0.6) is 0 Å². The predicted molar refractivity (Wildman–Crippen MR) is 84.4 cm³/mol. The van der Waals surface area contributed by atoms with Crippen LogP contribution < -0.4 is 5.32 Å². The Labute approximate surface area is 120 Å². The summed E-state index contributed by atoms with van der Waals surface area (Å²) in [6.45, 7) is 7.87. The molecule has 0 saturated heterocycles. The normalized spacial score (nSPS) is 14.6. The Morgan fingerprint density at radius 2 is 1.82 bits per heavy atom. The second-order valence-electron chi connectivity index (χ2n) is 4.83. The highest BCUT2D eigenvalue weighted by Crippen LogP contribution is 2.15. The van der Waals surface area contributed by atoms with Gasteiger partial charge in [0.2, 0.25) is 0 Å². The molecule has 0 heterocycles. The van der Waals surface area contributed by atoms with E-state index in [1.165, 1.54) is 22.0 Å². The Bertz CT molecular complexity index is 307. The molecule has 0 saturated carbocycles. The summed E-state index contributed by atoms with van der Waals surface area (Å²) >= 11 is 2.36. The van der Waals surface area contributed by atoms with Gasteiger partial charge in [-0.3, -0.25) is 0 Å². The molecule has 2 atom stereocenters. The molecule has 1 rings (SSSR count). The van der Waals surface area contributed by atoms with Crippen molar-refractivity contribution in [3.63, 3.8) is 0 Å². The molecule has 0 radical (unpaired) electrons. The smallest absolute Gasteiger partial charge is 0.0130 e. The van der Waals surface area contributed by atoms with Crippen molar-refractivity contribution in [3.8, 4) is 0 Å². The van der Waals surface area contributed by atoms with Crippen molar-refractivity contribution in [2.24, 2.45) is 5.92 Å². The topological polar surface area (TPSA) is 12.0 Å². The molecular formula is C15H24IN. The van der Waals surface area contributed by atoms with E-state index < -0.39 is 0 Å². The molecule has 0 aliphatic carbocycles. The molecule has 2 heteroatoms. The van der Waals surface area contributed by atoms with Crippen LogP contribution in [0.3, 0.4) is 0 Å². The highest BCUT2D eigenvalue weighted by atomic mass is 127.